The summed E-state index contributed by atoms with van der Waals surface area (Å²) in [5.74, 6) is 0. The van der Waals surface area contributed by atoms with Gasteiger partial charge in [-0.25, -0.2) is 0 Å². The molecular weight excluding hydrogens is 407 g/mol. The molecule has 0 fully saturated rings. The highest BCUT2D eigenvalue weighted by Crippen LogP contribution is 2.52. The number of hydrogen-bond acceptors (Lipinski definition) is 3. The number of rotatable bonds is 1. The maximum absolute atomic E-state index is 2.58. The van der Waals surface area contributed by atoms with Gasteiger partial charge in [0.05, 0.1) is 5.00 Å². The second-order valence-corrected chi connectivity index (χ2v) is 9.44. The molecule has 0 saturated carbocycles. The van der Waals surface area contributed by atoms with E-state index in [0.29, 0.717) is 0 Å². The topological polar surface area (TPSA) is 6.48 Å². The van der Waals surface area contributed by atoms with Gasteiger partial charge in [0.2, 0.25) is 0 Å². The van der Waals surface area contributed by atoms with Crippen molar-refractivity contribution in [1.82, 2.24) is 0 Å². The number of fused-ring (bicyclic) bond motifs is 6. The smallest absolute Gasteiger partial charge is 0.334 e. The van der Waals surface area contributed by atoms with Crippen molar-refractivity contribution in [3.05, 3.63) is 102 Å². The fourth-order valence-electron chi connectivity index (χ4n) is 5.85. The number of anilines is 5. The van der Waals surface area contributed by atoms with Crippen molar-refractivity contribution in [3.63, 3.8) is 0 Å². The zero-order chi connectivity index (χ0) is 20.8. The third-order valence-corrected chi connectivity index (χ3v) is 8.04. The molecule has 4 heterocycles. The quantitative estimate of drug-likeness (QED) is 0.286. The number of hydrogen-bond donors (Lipinski definition) is 0. The van der Waals surface area contributed by atoms with Gasteiger partial charge < -0.3 is 9.71 Å². The standard InChI is InChI=1S/C28H17BN2S/c1-2-9-18(10-3-1)30-25-16-8-13-21-19-11-4-6-14-23(19)31-24-15-7-5-12-20(24)22-17-32-28(30)27(22)29(31)26(21)25/h1-17H. The van der Waals surface area contributed by atoms with Gasteiger partial charge in [-0.15, -0.1) is 11.3 Å². The molecule has 0 atom stereocenters. The molecule has 2 nitrogen and oxygen atoms in total. The van der Waals surface area contributed by atoms with Crippen molar-refractivity contribution in [2.45, 2.75) is 0 Å². The van der Waals surface area contributed by atoms with Crippen molar-refractivity contribution in [1.29, 1.82) is 0 Å². The predicted molar refractivity (Wildman–Crippen MR) is 137 cm³/mol. The number of para-hydroxylation sites is 3. The zero-order valence-corrected chi connectivity index (χ0v) is 18.0. The van der Waals surface area contributed by atoms with Crippen LogP contribution in [0, 0.1) is 0 Å². The summed E-state index contributed by atoms with van der Waals surface area (Å²) in [7, 11) is 0. The van der Waals surface area contributed by atoms with E-state index in [0.717, 1.165) is 0 Å². The highest BCUT2D eigenvalue weighted by atomic mass is 32.1. The minimum Gasteiger partial charge on any atom is -0.376 e. The molecule has 4 aromatic carbocycles. The third kappa shape index (κ3) is 1.92. The molecule has 32 heavy (non-hydrogen) atoms. The van der Waals surface area contributed by atoms with Crippen LogP contribution in [-0.2, 0) is 0 Å². The summed E-state index contributed by atoms with van der Waals surface area (Å²) in [4.78, 5) is 5.05. The lowest BCUT2D eigenvalue weighted by Gasteiger charge is -2.47. The summed E-state index contributed by atoms with van der Waals surface area (Å²) in [6, 6.07) is 35.4. The van der Waals surface area contributed by atoms with Gasteiger partial charge in [0.15, 0.2) is 0 Å². The number of benzene rings is 4. The number of thiophene rings is 1. The van der Waals surface area contributed by atoms with Crippen LogP contribution in [0.3, 0.4) is 0 Å². The van der Waals surface area contributed by atoms with Crippen LogP contribution in [0.2, 0.25) is 0 Å². The Labute approximate surface area is 191 Å². The molecule has 0 unspecified atom stereocenters. The fourth-order valence-corrected chi connectivity index (χ4v) is 6.99. The zero-order valence-electron chi connectivity index (χ0n) is 17.2. The van der Waals surface area contributed by atoms with E-state index in [-0.39, 0.29) is 6.85 Å². The molecule has 8 rings (SSSR count). The van der Waals surface area contributed by atoms with E-state index in [1.165, 1.54) is 60.9 Å². The molecular formula is C28H17BN2S. The second-order valence-electron chi connectivity index (χ2n) is 8.58. The Hall–Kier alpha value is -3.76. The summed E-state index contributed by atoms with van der Waals surface area (Å²) in [6.07, 6.45) is 0. The van der Waals surface area contributed by atoms with Gasteiger partial charge in [-0.1, -0.05) is 66.7 Å². The van der Waals surface area contributed by atoms with E-state index in [4.69, 9.17) is 0 Å². The normalized spacial score (nSPS) is 14.1. The Bertz CT molecular complexity index is 1560. The molecule has 0 bridgehead atoms. The molecule has 0 radical (unpaired) electrons. The summed E-state index contributed by atoms with van der Waals surface area (Å²) in [5.41, 5.74) is 13.3. The van der Waals surface area contributed by atoms with E-state index in [1.807, 2.05) is 11.3 Å². The van der Waals surface area contributed by atoms with Crippen molar-refractivity contribution in [2.75, 3.05) is 9.71 Å². The monoisotopic (exact) mass is 424 g/mol. The lowest BCUT2D eigenvalue weighted by Crippen LogP contribution is -2.62. The van der Waals surface area contributed by atoms with Crippen molar-refractivity contribution in [3.8, 4) is 22.3 Å². The Morgan fingerprint density at radius 3 is 1.94 bits per heavy atom. The van der Waals surface area contributed by atoms with Crippen LogP contribution >= 0.6 is 11.3 Å². The molecule has 1 aromatic heterocycles. The Morgan fingerprint density at radius 2 is 1.16 bits per heavy atom. The molecule has 0 saturated heterocycles. The molecule has 148 valence electrons. The molecule has 0 aliphatic carbocycles. The molecule has 5 aromatic rings. The van der Waals surface area contributed by atoms with Crippen LogP contribution in [0.1, 0.15) is 0 Å². The van der Waals surface area contributed by atoms with Crippen molar-refractivity contribution >= 4 is 56.9 Å². The van der Waals surface area contributed by atoms with Gasteiger partial charge >= 0.3 is 6.85 Å². The maximum Gasteiger partial charge on any atom is 0.334 e. The summed E-state index contributed by atoms with van der Waals surface area (Å²) >= 11 is 1.86. The van der Waals surface area contributed by atoms with Gasteiger partial charge in [0.25, 0.3) is 0 Å². The van der Waals surface area contributed by atoms with E-state index in [1.54, 1.807) is 0 Å². The molecule has 3 aliphatic heterocycles. The van der Waals surface area contributed by atoms with Crippen LogP contribution < -0.4 is 20.6 Å². The SMILES string of the molecule is c1ccc(N2c3cccc4c3B3c5c(csc52)-c2ccccc2N3c2ccccc2-4)cc1. The summed E-state index contributed by atoms with van der Waals surface area (Å²) in [6.45, 7) is 0.196. The van der Waals surface area contributed by atoms with Crippen molar-refractivity contribution in [2.24, 2.45) is 0 Å². The Kier molecular flexibility index (Phi) is 3.13. The summed E-state index contributed by atoms with van der Waals surface area (Å²) in [5, 5.41) is 3.70. The lowest BCUT2D eigenvalue weighted by atomic mass is 9.42. The van der Waals surface area contributed by atoms with Crippen LogP contribution in [0.5, 0.6) is 0 Å². The van der Waals surface area contributed by atoms with Crippen molar-refractivity contribution < 1.29 is 0 Å². The Morgan fingerprint density at radius 1 is 0.531 bits per heavy atom. The molecule has 0 spiro atoms. The minimum atomic E-state index is 0.196. The maximum atomic E-state index is 2.58. The largest absolute Gasteiger partial charge is 0.376 e. The van der Waals surface area contributed by atoms with Gasteiger partial charge in [-0.05, 0) is 52.4 Å². The molecule has 0 amide bonds. The predicted octanol–water partition coefficient (Wildman–Crippen LogP) is 6.44. The minimum absolute atomic E-state index is 0.196. The fraction of sp³-hybridized carbons (Fsp3) is 0. The van der Waals surface area contributed by atoms with E-state index in [2.05, 4.69) is 112 Å². The van der Waals surface area contributed by atoms with Gasteiger partial charge in [-0.3, -0.25) is 0 Å². The highest BCUT2D eigenvalue weighted by molar-refractivity contribution is 7.18. The highest BCUT2D eigenvalue weighted by Gasteiger charge is 2.49. The van der Waals surface area contributed by atoms with Crippen LogP contribution in [0.25, 0.3) is 22.3 Å². The average Bonchev–Trinajstić information content (AvgIpc) is 3.30. The average molecular weight is 424 g/mol. The molecule has 0 N–H and O–H groups in total. The summed E-state index contributed by atoms with van der Waals surface area (Å²) < 4.78 is 0. The van der Waals surface area contributed by atoms with Crippen LogP contribution in [0.4, 0.5) is 27.8 Å². The van der Waals surface area contributed by atoms with E-state index < -0.39 is 0 Å². The first-order valence-corrected chi connectivity index (χ1v) is 11.9. The first kappa shape index (κ1) is 16.9. The molecule has 3 aliphatic rings. The molecule has 4 heteroatoms. The third-order valence-electron chi connectivity index (χ3n) is 7.06. The van der Waals surface area contributed by atoms with Gasteiger partial charge in [-0.2, -0.15) is 0 Å². The van der Waals surface area contributed by atoms with E-state index >= 15 is 0 Å². The first-order chi connectivity index (χ1) is 15.9. The Balaban J connectivity index is 1.56. The van der Waals surface area contributed by atoms with Gasteiger partial charge in [0, 0.05) is 39.3 Å². The second kappa shape index (κ2) is 5.93. The first-order valence-electron chi connectivity index (χ1n) is 11.0. The lowest BCUT2D eigenvalue weighted by molar-refractivity contribution is 1.29. The van der Waals surface area contributed by atoms with E-state index in [9.17, 15) is 0 Å². The van der Waals surface area contributed by atoms with Crippen LogP contribution in [0.15, 0.2) is 102 Å². The van der Waals surface area contributed by atoms with Gasteiger partial charge in [0.1, 0.15) is 0 Å². The number of nitrogens with zero attached hydrogens (tertiary/aromatic N) is 2. The van der Waals surface area contributed by atoms with Crippen LogP contribution in [-0.4, -0.2) is 6.85 Å².